The van der Waals surface area contributed by atoms with Gasteiger partial charge in [0.2, 0.25) is 5.91 Å². The number of benzene rings is 2. The summed E-state index contributed by atoms with van der Waals surface area (Å²) in [5, 5.41) is 15.8. The van der Waals surface area contributed by atoms with Crippen molar-refractivity contribution in [2.75, 3.05) is 11.9 Å². The van der Waals surface area contributed by atoms with Crippen molar-refractivity contribution >= 4 is 28.1 Å². The molecule has 0 spiro atoms. The first-order chi connectivity index (χ1) is 14.4. The zero-order chi connectivity index (χ0) is 21.5. The molecule has 8 heteroatoms. The van der Waals surface area contributed by atoms with Crippen molar-refractivity contribution in [1.29, 1.82) is 0 Å². The van der Waals surface area contributed by atoms with Crippen LogP contribution in [0.2, 0.25) is 0 Å². The van der Waals surface area contributed by atoms with Crippen molar-refractivity contribution < 1.29 is 14.5 Å². The van der Waals surface area contributed by atoms with Gasteiger partial charge in [0.15, 0.2) is 5.13 Å². The van der Waals surface area contributed by atoms with Crippen molar-refractivity contribution in [3.8, 4) is 17.0 Å². The molecule has 0 saturated heterocycles. The van der Waals surface area contributed by atoms with Gasteiger partial charge in [-0.2, -0.15) is 0 Å². The summed E-state index contributed by atoms with van der Waals surface area (Å²) in [5.74, 6) is 1.15. The van der Waals surface area contributed by atoms with Crippen molar-refractivity contribution in [1.82, 2.24) is 4.98 Å². The summed E-state index contributed by atoms with van der Waals surface area (Å²) in [4.78, 5) is 26.8. The van der Waals surface area contributed by atoms with E-state index in [0.717, 1.165) is 11.3 Å². The number of thiazole rings is 1. The van der Waals surface area contributed by atoms with Crippen LogP contribution in [0.4, 0.5) is 10.8 Å². The molecule has 0 aliphatic rings. The number of carbonyl (C=O) groups excluding carboxylic acids is 1. The third-order valence-electron chi connectivity index (χ3n) is 4.49. The number of anilines is 1. The average molecular weight is 426 g/mol. The second kappa shape index (κ2) is 9.98. The molecule has 3 rings (SSSR count). The van der Waals surface area contributed by atoms with Gasteiger partial charge in [-0.1, -0.05) is 26.0 Å². The second-order valence-electron chi connectivity index (χ2n) is 7.07. The molecule has 1 N–H and O–H groups in total. The minimum atomic E-state index is -0.444. The molecule has 156 valence electrons. The molecule has 0 unspecified atom stereocenters. The van der Waals surface area contributed by atoms with E-state index in [-0.39, 0.29) is 11.6 Å². The van der Waals surface area contributed by atoms with Crippen LogP contribution >= 0.6 is 11.3 Å². The predicted molar refractivity (Wildman–Crippen MR) is 118 cm³/mol. The van der Waals surface area contributed by atoms with Gasteiger partial charge in [-0.05, 0) is 42.2 Å². The fourth-order valence-corrected chi connectivity index (χ4v) is 3.51. The number of amides is 1. The zero-order valence-corrected chi connectivity index (χ0v) is 17.6. The van der Waals surface area contributed by atoms with Gasteiger partial charge in [-0.3, -0.25) is 14.9 Å². The van der Waals surface area contributed by atoms with Gasteiger partial charge in [0, 0.05) is 29.5 Å². The first kappa shape index (κ1) is 21.4. The number of non-ortho nitro benzene ring substituents is 1. The van der Waals surface area contributed by atoms with E-state index in [1.807, 2.05) is 12.1 Å². The predicted octanol–water partition coefficient (Wildman–Crippen LogP) is 5.64. The first-order valence-electron chi connectivity index (χ1n) is 9.65. The number of nitro benzene ring substituents is 1. The molecule has 0 fully saturated rings. The van der Waals surface area contributed by atoms with Gasteiger partial charge in [-0.25, -0.2) is 4.98 Å². The van der Waals surface area contributed by atoms with Gasteiger partial charge in [-0.15, -0.1) is 11.3 Å². The van der Waals surface area contributed by atoms with Crippen molar-refractivity contribution in [3.63, 3.8) is 0 Å². The molecule has 0 saturated carbocycles. The van der Waals surface area contributed by atoms with Crippen LogP contribution in [-0.4, -0.2) is 22.4 Å². The van der Waals surface area contributed by atoms with Crippen LogP contribution in [0.1, 0.15) is 38.2 Å². The SMILES string of the molecule is CC(C)c1ccc(OCCCC(=O)Nc2nc(-c3ccc([N+](=O)[O-])cc3)cs2)cc1. The molecule has 2 aromatic carbocycles. The van der Waals surface area contributed by atoms with Crippen LogP contribution in [0.5, 0.6) is 5.75 Å². The number of hydrogen-bond acceptors (Lipinski definition) is 6. The highest BCUT2D eigenvalue weighted by molar-refractivity contribution is 7.14. The summed E-state index contributed by atoms with van der Waals surface area (Å²) in [6, 6.07) is 14.2. The smallest absolute Gasteiger partial charge is 0.269 e. The third-order valence-corrected chi connectivity index (χ3v) is 5.25. The monoisotopic (exact) mass is 425 g/mol. The minimum Gasteiger partial charge on any atom is -0.494 e. The molecule has 1 heterocycles. The number of carbonyl (C=O) groups is 1. The highest BCUT2D eigenvalue weighted by Crippen LogP contribution is 2.26. The van der Waals surface area contributed by atoms with E-state index in [2.05, 4.69) is 36.3 Å². The van der Waals surface area contributed by atoms with Crippen LogP contribution < -0.4 is 10.1 Å². The third kappa shape index (κ3) is 5.87. The maximum Gasteiger partial charge on any atom is 0.269 e. The Bertz CT molecular complexity index is 998. The van der Waals surface area contributed by atoms with E-state index < -0.39 is 4.92 Å². The van der Waals surface area contributed by atoms with Crippen LogP contribution in [0.25, 0.3) is 11.3 Å². The van der Waals surface area contributed by atoms with Gasteiger partial charge in [0.05, 0.1) is 17.2 Å². The largest absolute Gasteiger partial charge is 0.494 e. The summed E-state index contributed by atoms with van der Waals surface area (Å²) in [6.07, 6.45) is 0.925. The van der Waals surface area contributed by atoms with E-state index >= 15 is 0 Å². The van der Waals surface area contributed by atoms with E-state index in [0.29, 0.717) is 36.2 Å². The van der Waals surface area contributed by atoms with Gasteiger partial charge in [0.25, 0.3) is 5.69 Å². The lowest BCUT2D eigenvalue weighted by Crippen LogP contribution is -2.12. The number of ether oxygens (including phenoxy) is 1. The molecule has 0 bridgehead atoms. The van der Waals surface area contributed by atoms with E-state index in [1.54, 1.807) is 17.5 Å². The summed E-state index contributed by atoms with van der Waals surface area (Å²) >= 11 is 1.31. The fraction of sp³-hybridized carbons (Fsp3) is 0.273. The summed E-state index contributed by atoms with van der Waals surface area (Å²) in [7, 11) is 0. The first-order valence-corrected chi connectivity index (χ1v) is 10.5. The Balaban J connectivity index is 1.43. The minimum absolute atomic E-state index is 0.0283. The molecule has 0 aliphatic carbocycles. The molecule has 7 nitrogen and oxygen atoms in total. The molecule has 0 aliphatic heterocycles. The number of nitrogens with zero attached hydrogens (tertiary/aromatic N) is 2. The van der Waals surface area contributed by atoms with Gasteiger partial charge < -0.3 is 10.1 Å². The molecular formula is C22H23N3O4S. The lowest BCUT2D eigenvalue weighted by Gasteiger charge is -2.08. The highest BCUT2D eigenvalue weighted by atomic mass is 32.1. The molecule has 1 amide bonds. The van der Waals surface area contributed by atoms with E-state index in [1.165, 1.54) is 29.0 Å². The van der Waals surface area contributed by atoms with E-state index in [4.69, 9.17) is 4.74 Å². The zero-order valence-electron chi connectivity index (χ0n) is 16.8. The Morgan fingerprint density at radius 3 is 2.50 bits per heavy atom. The second-order valence-corrected chi connectivity index (χ2v) is 7.92. The number of hydrogen-bond donors (Lipinski definition) is 1. The van der Waals surface area contributed by atoms with Crippen LogP contribution in [-0.2, 0) is 4.79 Å². The summed E-state index contributed by atoms with van der Waals surface area (Å²) in [5.41, 5.74) is 2.71. The Kier molecular flexibility index (Phi) is 7.13. The van der Waals surface area contributed by atoms with E-state index in [9.17, 15) is 14.9 Å². The summed E-state index contributed by atoms with van der Waals surface area (Å²) in [6.45, 7) is 4.75. The number of nitrogens with one attached hydrogen (secondary N) is 1. The van der Waals surface area contributed by atoms with Crippen molar-refractivity contribution in [2.45, 2.75) is 32.6 Å². The lowest BCUT2D eigenvalue weighted by atomic mass is 10.0. The van der Waals surface area contributed by atoms with Crippen molar-refractivity contribution in [3.05, 3.63) is 69.6 Å². The Morgan fingerprint density at radius 2 is 1.87 bits per heavy atom. The highest BCUT2D eigenvalue weighted by Gasteiger charge is 2.10. The Hall–Kier alpha value is -3.26. The molecule has 3 aromatic rings. The van der Waals surface area contributed by atoms with Crippen LogP contribution in [0, 0.1) is 10.1 Å². The fourth-order valence-electron chi connectivity index (χ4n) is 2.77. The molecule has 0 radical (unpaired) electrons. The topological polar surface area (TPSA) is 94.4 Å². The maximum absolute atomic E-state index is 12.1. The lowest BCUT2D eigenvalue weighted by molar-refractivity contribution is -0.384. The summed E-state index contributed by atoms with van der Waals surface area (Å²) < 4.78 is 5.69. The van der Waals surface area contributed by atoms with Gasteiger partial charge >= 0.3 is 0 Å². The maximum atomic E-state index is 12.1. The number of nitro groups is 1. The normalized spacial score (nSPS) is 10.8. The van der Waals surface area contributed by atoms with Crippen LogP contribution in [0.3, 0.4) is 0 Å². The Morgan fingerprint density at radius 1 is 1.17 bits per heavy atom. The molecular weight excluding hydrogens is 402 g/mol. The quantitative estimate of drug-likeness (QED) is 0.272. The standard InChI is InChI=1S/C22H23N3O4S/c1-15(2)16-7-11-19(12-8-16)29-13-3-4-21(26)24-22-23-20(14-30-22)17-5-9-18(10-6-17)25(27)28/h5-12,14-15H,3-4,13H2,1-2H3,(H,23,24,26). The number of aromatic nitrogens is 1. The Labute approximate surface area is 178 Å². The molecule has 1 aromatic heterocycles. The van der Waals surface area contributed by atoms with Crippen molar-refractivity contribution in [2.24, 2.45) is 0 Å². The number of rotatable bonds is 9. The van der Waals surface area contributed by atoms with Gasteiger partial charge in [0.1, 0.15) is 5.75 Å². The molecule has 0 atom stereocenters. The average Bonchev–Trinajstić information content (AvgIpc) is 3.20. The molecule has 30 heavy (non-hydrogen) atoms. The van der Waals surface area contributed by atoms with Crippen LogP contribution in [0.15, 0.2) is 53.9 Å².